The number of hydrogen-bond donors (Lipinski definition) is 1. The fraction of sp³-hybridized carbons (Fsp3) is 0.800. The molecule has 1 N–H and O–H groups in total. The van der Waals surface area contributed by atoms with Crippen molar-refractivity contribution >= 4 is 11.3 Å². The molecule has 4 heteroatoms. The molecule has 2 saturated heterocycles. The second kappa shape index (κ2) is 5.90. The van der Waals surface area contributed by atoms with Crippen molar-refractivity contribution in [3.8, 4) is 0 Å². The van der Waals surface area contributed by atoms with E-state index in [9.17, 15) is 0 Å². The molecule has 3 atom stereocenters. The molecule has 0 amide bonds. The number of thiazole rings is 1. The lowest BCUT2D eigenvalue weighted by atomic mass is 9.98. The summed E-state index contributed by atoms with van der Waals surface area (Å²) in [4.78, 5) is 8.66. The minimum atomic E-state index is 0.400. The molecule has 2 fully saturated rings. The summed E-state index contributed by atoms with van der Waals surface area (Å²) in [5.41, 5.74) is 0. The highest BCUT2D eigenvalue weighted by molar-refractivity contribution is 7.11. The van der Waals surface area contributed by atoms with Crippen molar-refractivity contribution in [3.63, 3.8) is 0 Å². The molecule has 3 heterocycles. The maximum Gasteiger partial charge on any atom is 0.109 e. The molecule has 3 rings (SSSR count). The summed E-state index contributed by atoms with van der Waals surface area (Å²) in [7, 11) is 0. The van der Waals surface area contributed by atoms with E-state index in [1.165, 1.54) is 48.7 Å². The highest BCUT2D eigenvalue weighted by Crippen LogP contribution is 2.29. The minimum Gasteiger partial charge on any atom is -0.304 e. The van der Waals surface area contributed by atoms with Crippen molar-refractivity contribution in [1.82, 2.24) is 15.2 Å². The van der Waals surface area contributed by atoms with Crippen LogP contribution in [0.4, 0.5) is 0 Å². The Hall–Kier alpha value is -0.450. The van der Waals surface area contributed by atoms with Gasteiger partial charge in [0.15, 0.2) is 0 Å². The average molecular weight is 279 g/mol. The van der Waals surface area contributed by atoms with E-state index in [-0.39, 0.29) is 0 Å². The molecule has 2 aliphatic heterocycles. The predicted molar refractivity (Wildman–Crippen MR) is 80.7 cm³/mol. The molecule has 2 aliphatic rings. The first kappa shape index (κ1) is 13.5. The molecule has 1 aromatic rings. The van der Waals surface area contributed by atoms with Crippen molar-refractivity contribution in [3.05, 3.63) is 16.1 Å². The number of hydrogen-bond acceptors (Lipinski definition) is 4. The van der Waals surface area contributed by atoms with Crippen LogP contribution in [-0.2, 0) is 6.42 Å². The molecule has 0 aromatic carbocycles. The van der Waals surface area contributed by atoms with Gasteiger partial charge in [0.2, 0.25) is 0 Å². The molecule has 0 radical (unpaired) electrons. The van der Waals surface area contributed by atoms with E-state index in [0.29, 0.717) is 12.1 Å². The molecule has 3 nitrogen and oxygen atoms in total. The Morgan fingerprint density at radius 2 is 2.32 bits per heavy atom. The SMILES string of the molecule is CCc1cnc(C(C)NC2CCN3CCCCC23)s1. The van der Waals surface area contributed by atoms with Gasteiger partial charge >= 0.3 is 0 Å². The van der Waals surface area contributed by atoms with E-state index in [1.54, 1.807) is 0 Å². The lowest BCUT2D eigenvalue weighted by molar-refractivity contribution is 0.177. The summed E-state index contributed by atoms with van der Waals surface area (Å²) in [5, 5.41) is 5.09. The maximum absolute atomic E-state index is 4.58. The zero-order chi connectivity index (χ0) is 13.2. The van der Waals surface area contributed by atoms with Crippen LogP contribution in [0.3, 0.4) is 0 Å². The van der Waals surface area contributed by atoms with Gasteiger partial charge in [-0.05, 0) is 39.2 Å². The van der Waals surface area contributed by atoms with Crippen molar-refractivity contribution in [2.75, 3.05) is 13.1 Å². The Kier molecular flexibility index (Phi) is 4.20. The van der Waals surface area contributed by atoms with Crippen LogP contribution < -0.4 is 5.32 Å². The number of nitrogens with zero attached hydrogens (tertiary/aromatic N) is 2. The highest BCUT2D eigenvalue weighted by Gasteiger charge is 2.36. The summed E-state index contributed by atoms with van der Waals surface area (Å²) in [6, 6.07) is 1.85. The first-order valence-corrected chi connectivity index (χ1v) is 8.54. The zero-order valence-corrected chi connectivity index (χ0v) is 12.9. The van der Waals surface area contributed by atoms with Gasteiger partial charge in [0.05, 0.1) is 6.04 Å². The minimum absolute atomic E-state index is 0.400. The molecular weight excluding hydrogens is 254 g/mol. The third-order valence-electron chi connectivity index (χ3n) is 4.61. The van der Waals surface area contributed by atoms with Crippen molar-refractivity contribution in [2.45, 2.75) is 64.1 Å². The third-order valence-corrected chi connectivity index (χ3v) is 5.93. The molecular formula is C15H25N3S. The first-order chi connectivity index (χ1) is 9.28. The van der Waals surface area contributed by atoms with Gasteiger partial charge in [-0.25, -0.2) is 4.98 Å². The van der Waals surface area contributed by atoms with E-state index in [0.717, 1.165) is 12.5 Å². The van der Waals surface area contributed by atoms with Crippen LogP contribution in [0.5, 0.6) is 0 Å². The average Bonchev–Trinajstić information content (AvgIpc) is 3.06. The lowest BCUT2D eigenvalue weighted by Crippen LogP contribution is -2.45. The van der Waals surface area contributed by atoms with E-state index in [2.05, 4.69) is 29.0 Å². The molecule has 0 spiro atoms. The predicted octanol–water partition coefficient (Wildman–Crippen LogP) is 2.98. The standard InChI is InChI=1S/C15H25N3S/c1-3-12-10-16-15(19-12)11(2)17-13-7-9-18-8-5-4-6-14(13)18/h10-11,13-14,17H,3-9H2,1-2H3. The van der Waals surface area contributed by atoms with Gasteiger partial charge in [0, 0.05) is 29.7 Å². The van der Waals surface area contributed by atoms with Gasteiger partial charge in [-0.3, -0.25) is 4.90 Å². The fourth-order valence-electron chi connectivity index (χ4n) is 3.52. The van der Waals surface area contributed by atoms with Crippen LogP contribution in [0.25, 0.3) is 0 Å². The van der Waals surface area contributed by atoms with Crippen molar-refractivity contribution in [1.29, 1.82) is 0 Å². The van der Waals surface area contributed by atoms with Gasteiger partial charge < -0.3 is 5.32 Å². The third kappa shape index (κ3) is 2.86. The molecule has 19 heavy (non-hydrogen) atoms. The van der Waals surface area contributed by atoms with E-state index < -0.39 is 0 Å². The van der Waals surface area contributed by atoms with Crippen LogP contribution in [-0.4, -0.2) is 35.1 Å². The fourth-order valence-corrected chi connectivity index (χ4v) is 4.39. The molecule has 0 aliphatic carbocycles. The van der Waals surface area contributed by atoms with Crippen LogP contribution >= 0.6 is 11.3 Å². The number of piperidine rings is 1. The van der Waals surface area contributed by atoms with E-state index in [4.69, 9.17) is 0 Å². The summed E-state index contributed by atoms with van der Waals surface area (Å²) < 4.78 is 0. The van der Waals surface area contributed by atoms with Crippen molar-refractivity contribution < 1.29 is 0 Å². The Morgan fingerprint density at radius 3 is 3.11 bits per heavy atom. The Morgan fingerprint density at radius 1 is 1.42 bits per heavy atom. The highest BCUT2D eigenvalue weighted by atomic mass is 32.1. The summed E-state index contributed by atoms with van der Waals surface area (Å²) in [6.07, 6.45) is 8.63. The maximum atomic E-state index is 4.58. The number of aromatic nitrogens is 1. The largest absolute Gasteiger partial charge is 0.304 e. The second-order valence-corrected chi connectivity index (χ2v) is 7.05. The molecule has 3 unspecified atom stereocenters. The Labute approximate surface area is 120 Å². The first-order valence-electron chi connectivity index (χ1n) is 7.72. The Balaban J connectivity index is 1.61. The van der Waals surface area contributed by atoms with Crippen LogP contribution in [0.2, 0.25) is 0 Å². The molecule has 1 aromatic heterocycles. The monoisotopic (exact) mass is 279 g/mol. The summed E-state index contributed by atoms with van der Waals surface area (Å²) in [5.74, 6) is 0. The van der Waals surface area contributed by atoms with Crippen molar-refractivity contribution in [2.24, 2.45) is 0 Å². The topological polar surface area (TPSA) is 28.2 Å². The van der Waals surface area contributed by atoms with Gasteiger partial charge in [-0.1, -0.05) is 13.3 Å². The number of fused-ring (bicyclic) bond motifs is 1. The van der Waals surface area contributed by atoms with E-state index in [1.807, 2.05) is 17.5 Å². The van der Waals surface area contributed by atoms with Gasteiger partial charge in [-0.2, -0.15) is 0 Å². The molecule has 106 valence electrons. The van der Waals surface area contributed by atoms with Crippen LogP contribution in [0.15, 0.2) is 6.20 Å². The summed E-state index contributed by atoms with van der Waals surface area (Å²) in [6.45, 7) is 7.07. The normalized spacial score (nSPS) is 29.4. The van der Waals surface area contributed by atoms with Gasteiger partial charge in [-0.15, -0.1) is 11.3 Å². The van der Waals surface area contributed by atoms with Crippen LogP contribution in [0.1, 0.15) is 55.5 Å². The quantitative estimate of drug-likeness (QED) is 0.918. The number of aryl methyl sites for hydroxylation is 1. The number of nitrogens with one attached hydrogen (secondary N) is 1. The van der Waals surface area contributed by atoms with Gasteiger partial charge in [0.1, 0.15) is 5.01 Å². The number of rotatable bonds is 4. The van der Waals surface area contributed by atoms with E-state index >= 15 is 0 Å². The lowest BCUT2D eigenvalue weighted by Gasteiger charge is -2.33. The van der Waals surface area contributed by atoms with Crippen LogP contribution in [0, 0.1) is 0 Å². The molecule has 0 bridgehead atoms. The smallest absolute Gasteiger partial charge is 0.109 e. The summed E-state index contributed by atoms with van der Waals surface area (Å²) >= 11 is 1.87. The second-order valence-electron chi connectivity index (χ2n) is 5.90. The zero-order valence-electron chi connectivity index (χ0n) is 12.1. The van der Waals surface area contributed by atoms with Gasteiger partial charge in [0.25, 0.3) is 0 Å². The molecule has 0 saturated carbocycles. The Bertz CT molecular complexity index is 417.